The van der Waals surface area contributed by atoms with Crippen LogP contribution in [0.25, 0.3) is 0 Å². The quantitative estimate of drug-likeness (QED) is 0.627. The number of hydrogen-bond acceptors (Lipinski definition) is 5. The lowest BCUT2D eigenvalue weighted by molar-refractivity contribution is -0.122. The van der Waals surface area contributed by atoms with Crippen molar-refractivity contribution < 1.29 is 14.4 Å². The van der Waals surface area contributed by atoms with E-state index in [1.54, 1.807) is 17.5 Å². The Labute approximate surface area is 153 Å². The predicted octanol–water partition coefficient (Wildman–Crippen LogP) is 1.21. The van der Waals surface area contributed by atoms with Crippen molar-refractivity contribution in [2.45, 2.75) is 12.5 Å². The van der Waals surface area contributed by atoms with Crippen LogP contribution < -0.4 is 21.7 Å². The van der Waals surface area contributed by atoms with Crippen LogP contribution in [0.2, 0.25) is 0 Å². The van der Waals surface area contributed by atoms with Crippen molar-refractivity contribution in [3.63, 3.8) is 0 Å². The summed E-state index contributed by atoms with van der Waals surface area (Å²) in [7, 11) is 0. The lowest BCUT2D eigenvalue weighted by Crippen LogP contribution is -2.62. The number of nitrogens with zero attached hydrogens (tertiary/aromatic N) is 2. The highest BCUT2D eigenvalue weighted by Crippen LogP contribution is 2.17. The first-order valence-electron chi connectivity index (χ1n) is 7.91. The number of amides is 5. The van der Waals surface area contributed by atoms with E-state index in [0.29, 0.717) is 29.6 Å². The maximum Gasteiger partial charge on any atom is 0.325 e. The minimum atomic E-state index is -0.487. The molecule has 3 rings (SSSR count). The number of urea groups is 2. The fourth-order valence-electron chi connectivity index (χ4n) is 2.42. The van der Waals surface area contributed by atoms with Gasteiger partial charge in [0.25, 0.3) is 0 Å². The summed E-state index contributed by atoms with van der Waals surface area (Å²) < 4.78 is 0. The molecule has 0 saturated carbocycles. The number of nitrogens with one attached hydrogen (secondary N) is 3. The minimum absolute atomic E-state index is 0.0807. The number of para-hydroxylation sites is 1. The van der Waals surface area contributed by atoms with Crippen LogP contribution in [0, 0.1) is 0 Å². The first-order chi connectivity index (χ1) is 12.5. The molecule has 1 saturated heterocycles. The zero-order valence-electron chi connectivity index (χ0n) is 13.8. The third-order valence-corrected chi connectivity index (χ3v) is 4.51. The molecule has 1 aliphatic heterocycles. The number of aromatic nitrogens is 1. The first kappa shape index (κ1) is 17.7. The van der Waals surface area contributed by atoms with E-state index in [9.17, 15) is 14.4 Å². The molecule has 0 aliphatic carbocycles. The third-order valence-electron chi connectivity index (χ3n) is 3.70. The van der Waals surface area contributed by atoms with Crippen molar-refractivity contribution in [3.8, 4) is 0 Å². The van der Waals surface area contributed by atoms with Gasteiger partial charge in [-0.25, -0.2) is 14.6 Å². The van der Waals surface area contributed by atoms with Crippen molar-refractivity contribution in [3.05, 3.63) is 41.4 Å². The Morgan fingerprint density at radius 2 is 1.92 bits per heavy atom. The summed E-state index contributed by atoms with van der Waals surface area (Å²) in [6, 6.07) is 8.08. The summed E-state index contributed by atoms with van der Waals surface area (Å²) in [5, 5.41) is 10.3. The molecule has 5 amide bonds. The molecule has 1 aliphatic rings. The van der Waals surface area contributed by atoms with Gasteiger partial charge in [0.1, 0.15) is 0 Å². The molecule has 5 N–H and O–H groups in total. The van der Waals surface area contributed by atoms with E-state index in [0.717, 1.165) is 0 Å². The lowest BCUT2D eigenvalue weighted by Gasteiger charge is -2.38. The number of hydrogen-bond donors (Lipinski definition) is 4. The van der Waals surface area contributed by atoms with Gasteiger partial charge in [0.05, 0.1) is 18.2 Å². The van der Waals surface area contributed by atoms with E-state index in [2.05, 4.69) is 20.9 Å². The molecular formula is C16H18N6O3S. The molecule has 136 valence electrons. The number of rotatable bonds is 5. The number of carbonyl (C=O) groups is 3. The molecule has 2 heterocycles. The highest BCUT2D eigenvalue weighted by atomic mass is 32.1. The number of nitrogens with two attached hydrogens (primary N) is 1. The average Bonchev–Trinajstić information content (AvgIpc) is 2.97. The molecule has 26 heavy (non-hydrogen) atoms. The Bertz CT molecular complexity index is 803. The average molecular weight is 374 g/mol. The van der Waals surface area contributed by atoms with Crippen LogP contribution in [0.15, 0.2) is 35.7 Å². The van der Waals surface area contributed by atoms with Gasteiger partial charge in [0.2, 0.25) is 5.91 Å². The van der Waals surface area contributed by atoms with Gasteiger partial charge in [0.15, 0.2) is 5.13 Å². The van der Waals surface area contributed by atoms with Gasteiger partial charge < -0.3 is 21.3 Å². The van der Waals surface area contributed by atoms with Crippen molar-refractivity contribution >= 4 is 40.1 Å². The second kappa shape index (κ2) is 7.83. The van der Waals surface area contributed by atoms with Crippen LogP contribution in [0.3, 0.4) is 0 Å². The largest absolute Gasteiger partial charge is 0.351 e. The molecule has 0 spiro atoms. The summed E-state index contributed by atoms with van der Waals surface area (Å²) >= 11 is 1.24. The number of benzene rings is 1. The number of primary amides is 1. The van der Waals surface area contributed by atoms with Crippen molar-refractivity contribution in [1.82, 2.24) is 15.2 Å². The molecule has 0 unspecified atom stereocenters. The Balaban J connectivity index is 1.43. The molecule has 1 aromatic carbocycles. The topological polar surface area (TPSA) is 129 Å². The molecule has 0 bridgehead atoms. The number of thiazole rings is 1. The van der Waals surface area contributed by atoms with E-state index in [4.69, 9.17) is 5.73 Å². The van der Waals surface area contributed by atoms with Crippen LogP contribution in [-0.2, 0) is 11.2 Å². The fourth-order valence-corrected chi connectivity index (χ4v) is 3.12. The number of carbonyl (C=O) groups excluding carboxylic acids is 3. The molecular weight excluding hydrogens is 356 g/mol. The van der Waals surface area contributed by atoms with Crippen molar-refractivity contribution in [2.75, 3.05) is 23.7 Å². The summed E-state index contributed by atoms with van der Waals surface area (Å²) in [6.07, 6.45) is 0.103. The van der Waals surface area contributed by atoms with Crippen molar-refractivity contribution in [2.24, 2.45) is 5.73 Å². The van der Waals surface area contributed by atoms with E-state index in [-0.39, 0.29) is 18.4 Å². The summed E-state index contributed by atoms with van der Waals surface area (Å²) in [5.74, 6) is -0.190. The molecule has 0 radical (unpaired) electrons. The highest BCUT2D eigenvalue weighted by Gasteiger charge is 2.30. The highest BCUT2D eigenvalue weighted by molar-refractivity contribution is 7.14. The number of anilines is 2. The normalized spacial score (nSPS) is 13.6. The van der Waals surface area contributed by atoms with Gasteiger partial charge in [-0.1, -0.05) is 18.2 Å². The molecule has 10 heteroatoms. The monoisotopic (exact) mass is 374 g/mol. The Kier molecular flexibility index (Phi) is 5.32. The van der Waals surface area contributed by atoms with Crippen LogP contribution in [0.4, 0.5) is 20.4 Å². The van der Waals surface area contributed by atoms with Gasteiger partial charge in [-0.2, -0.15) is 0 Å². The summed E-state index contributed by atoms with van der Waals surface area (Å²) in [6.45, 7) is 0.842. The molecule has 1 aromatic heterocycles. The van der Waals surface area contributed by atoms with E-state index in [1.165, 1.54) is 16.2 Å². The zero-order chi connectivity index (χ0) is 18.5. The van der Waals surface area contributed by atoms with Crippen LogP contribution in [0.1, 0.15) is 5.69 Å². The fraction of sp³-hybridized carbons (Fsp3) is 0.250. The summed E-state index contributed by atoms with van der Waals surface area (Å²) in [5.41, 5.74) is 6.37. The maximum absolute atomic E-state index is 12.0. The molecule has 0 atom stereocenters. The smallest absolute Gasteiger partial charge is 0.325 e. The van der Waals surface area contributed by atoms with Gasteiger partial charge >= 0.3 is 12.1 Å². The van der Waals surface area contributed by atoms with Crippen LogP contribution in [-0.4, -0.2) is 47.0 Å². The second-order valence-electron chi connectivity index (χ2n) is 5.77. The predicted molar refractivity (Wildman–Crippen MR) is 98.0 cm³/mol. The van der Waals surface area contributed by atoms with E-state index < -0.39 is 12.1 Å². The lowest BCUT2D eigenvalue weighted by atomic mass is 10.1. The summed E-state index contributed by atoms with van der Waals surface area (Å²) in [4.78, 5) is 40.5. The van der Waals surface area contributed by atoms with E-state index in [1.807, 2.05) is 18.2 Å². The third kappa shape index (κ3) is 4.70. The van der Waals surface area contributed by atoms with Gasteiger partial charge in [-0.05, 0) is 12.1 Å². The number of likely N-dealkylation sites (tertiary alicyclic amines) is 1. The van der Waals surface area contributed by atoms with E-state index >= 15 is 0 Å². The second-order valence-corrected chi connectivity index (χ2v) is 6.63. The molecule has 9 nitrogen and oxygen atoms in total. The Morgan fingerprint density at radius 3 is 2.62 bits per heavy atom. The van der Waals surface area contributed by atoms with Gasteiger partial charge in [0, 0.05) is 24.2 Å². The SMILES string of the molecule is NC(=O)N1CC(NC(=O)Cc2csc(NC(=O)Nc3ccccc3)n2)C1. The Hall–Kier alpha value is -3.14. The Morgan fingerprint density at radius 1 is 1.19 bits per heavy atom. The first-order valence-corrected chi connectivity index (χ1v) is 8.79. The zero-order valence-corrected chi connectivity index (χ0v) is 14.6. The van der Waals surface area contributed by atoms with Crippen molar-refractivity contribution in [1.29, 1.82) is 0 Å². The van der Waals surface area contributed by atoms with Crippen LogP contribution in [0.5, 0.6) is 0 Å². The minimum Gasteiger partial charge on any atom is -0.351 e. The van der Waals surface area contributed by atoms with Gasteiger partial charge in [-0.3, -0.25) is 10.1 Å². The van der Waals surface area contributed by atoms with Gasteiger partial charge in [-0.15, -0.1) is 11.3 Å². The molecule has 2 aromatic rings. The van der Waals surface area contributed by atoms with Crippen LogP contribution >= 0.6 is 11.3 Å². The maximum atomic E-state index is 12.0. The standard InChI is InChI=1S/C16H18N6O3S/c17-14(24)22-7-12(8-22)18-13(23)6-11-9-26-16(20-11)21-15(25)19-10-4-2-1-3-5-10/h1-5,9,12H,6-8H2,(H2,17,24)(H,18,23)(H2,19,20,21,25). The molecule has 1 fully saturated rings.